The highest BCUT2D eigenvalue weighted by Crippen LogP contribution is 2.17. The fraction of sp³-hybridized carbons (Fsp3) is 0.571. The summed E-state index contributed by atoms with van der Waals surface area (Å²) in [7, 11) is 0. The molecular formula is C14H20N4O3S. The predicted molar refractivity (Wildman–Crippen MR) is 87.3 cm³/mol. The summed E-state index contributed by atoms with van der Waals surface area (Å²) in [5.74, 6) is 1.95. The van der Waals surface area contributed by atoms with Crippen molar-refractivity contribution in [3.63, 3.8) is 0 Å². The van der Waals surface area contributed by atoms with Crippen molar-refractivity contribution in [2.45, 2.75) is 12.8 Å². The largest absolute Gasteiger partial charge is 0.353 e. The van der Waals surface area contributed by atoms with E-state index in [1.807, 2.05) is 11.2 Å². The summed E-state index contributed by atoms with van der Waals surface area (Å²) in [6.07, 6.45) is 4.84. The van der Waals surface area contributed by atoms with Gasteiger partial charge in [-0.05, 0) is 24.5 Å². The Morgan fingerprint density at radius 2 is 2.09 bits per heavy atom. The quantitative estimate of drug-likeness (QED) is 0.451. The Hall–Kier alpha value is -1.83. The normalized spacial score (nSPS) is 15.0. The van der Waals surface area contributed by atoms with Gasteiger partial charge in [0.1, 0.15) is 12.0 Å². The van der Waals surface area contributed by atoms with E-state index in [2.05, 4.69) is 9.88 Å². The molecule has 0 N–H and O–H groups in total. The summed E-state index contributed by atoms with van der Waals surface area (Å²) in [6, 6.07) is 3.12. The van der Waals surface area contributed by atoms with Crippen LogP contribution in [0.3, 0.4) is 0 Å². The summed E-state index contributed by atoms with van der Waals surface area (Å²) in [6.45, 7) is 2.77. The predicted octanol–water partition coefficient (Wildman–Crippen LogP) is 1.78. The molecule has 1 saturated heterocycles. The van der Waals surface area contributed by atoms with Crippen molar-refractivity contribution >= 4 is 29.2 Å². The second-order valence-electron chi connectivity index (χ2n) is 5.10. The van der Waals surface area contributed by atoms with E-state index in [1.165, 1.54) is 12.3 Å². The second-order valence-corrected chi connectivity index (χ2v) is 6.08. The van der Waals surface area contributed by atoms with E-state index in [0.717, 1.165) is 18.0 Å². The lowest BCUT2D eigenvalue weighted by atomic mass is 10.2. The maximum absolute atomic E-state index is 12.0. The lowest BCUT2D eigenvalue weighted by molar-refractivity contribution is -0.385. The molecule has 2 rings (SSSR count). The molecule has 7 nitrogen and oxygen atoms in total. The van der Waals surface area contributed by atoms with Crippen LogP contribution in [0.15, 0.2) is 18.3 Å². The minimum atomic E-state index is -0.456. The van der Waals surface area contributed by atoms with Gasteiger partial charge in [-0.15, -0.1) is 0 Å². The Kier molecular flexibility index (Phi) is 6.00. The Morgan fingerprint density at radius 3 is 2.64 bits per heavy atom. The highest BCUT2D eigenvalue weighted by Gasteiger charge is 2.21. The van der Waals surface area contributed by atoms with Crippen LogP contribution in [0.25, 0.3) is 0 Å². The Bertz CT molecular complexity index is 515. The third-order valence-electron chi connectivity index (χ3n) is 3.64. The topological polar surface area (TPSA) is 79.6 Å². The lowest BCUT2D eigenvalue weighted by Gasteiger charge is -2.35. The second kappa shape index (κ2) is 7.98. The van der Waals surface area contributed by atoms with Crippen molar-refractivity contribution in [3.05, 3.63) is 28.4 Å². The number of nitro groups is 1. The van der Waals surface area contributed by atoms with Gasteiger partial charge in [-0.3, -0.25) is 14.9 Å². The van der Waals surface area contributed by atoms with Crippen LogP contribution in [0, 0.1) is 10.1 Å². The summed E-state index contributed by atoms with van der Waals surface area (Å²) in [4.78, 5) is 30.3. The third kappa shape index (κ3) is 4.33. The number of rotatable bonds is 6. The molecule has 0 aromatic carbocycles. The first-order chi connectivity index (χ1) is 10.6. The molecule has 1 aromatic rings. The van der Waals surface area contributed by atoms with Crippen LogP contribution in [-0.4, -0.2) is 58.9 Å². The third-order valence-corrected chi connectivity index (χ3v) is 4.34. The van der Waals surface area contributed by atoms with E-state index in [-0.39, 0.29) is 11.6 Å². The summed E-state index contributed by atoms with van der Waals surface area (Å²) in [5.41, 5.74) is -0.00800. The fourth-order valence-electron chi connectivity index (χ4n) is 2.38. The Labute approximate surface area is 133 Å². The molecule has 1 aliphatic rings. The molecule has 22 heavy (non-hydrogen) atoms. The molecule has 0 atom stereocenters. The van der Waals surface area contributed by atoms with Gasteiger partial charge in [0.05, 0.1) is 4.92 Å². The summed E-state index contributed by atoms with van der Waals surface area (Å²) >= 11 is 1.76. The van der Waals surface area contributed by atoms with Gasteiger partial charge in [-0.2, -0.15) is 11.8 Å². The van der Waals surface area contributed by atoms with E-state index in [1.54, 1.807) is 17.8 Å². The molecule has 0 aliphatic carbocycles. The van der Waals surface area contributed by atoms with Gasteiger partial charge < -0.3 is 9.80 Å². The molecule has 0 radical (unpaired) electrons. The minimum absolute atomic E-state index is 0.00800. The van der Waals surface area contributed by atoms with Gasteiger partial charge in [0.2, 0.25) is 5.91 Å². The molecule has 2 heterocycles. The number of anilines is 1. The van der Waals surface area contributed by atoms with Crippen LogP contribution >= 0.6 is 11.8 Å². The maximum atomic E-state index is 12.0. The van der Waals surface area contributed by atoms with Crippen molar-refractivity contribution < 1.29 is 9.72 Å². The average molecular weight is 324 g/mol. The van der Waals surface area contributed by atoms with Crippen molar-refractivity contribution in [1.82, 2.24) is 9.88 Å². The molecule has 8 heteroatoms. The van der Waals surface area contributed by atoms with Crippen LogP contribution in [-0.2, 0) is 4.79 Å². The molecule has 0 unspecified atom stereocenters. The number of amides is 1. The summed E-state index contributed by atoms with van der Waals surface area (Å²) < 4.78 is 0. The molecule has 1 fully saturated rings. The number of piperazine rings is 1. The van der Waals surface area contributed by atoms with Crippen molar-refractivity contribution in [1.29, 1.82) is 0 Å². The number of hydrogen-bond acceptors (Lipinski definition) is 6. The monoisotopic (exact) mass is 324 g/mol. The number of hydrogen-bond donors (Lipinski definition) is 0. The maximum Gasteiger partial charge on any atom is 0.287 e. The molecule has 120 valence electrons. The molecule has 1 amide bonds. The van der Waals surface area contributed by atoms with Crippen molar-refractivity contribution in [3.8, 4) is 0 Å². The zero-order valence-corrected chi connectivity index (χ0v) is 13.4. The number of thioether (sulfide) groups is 1. The zero-order valence-electron chi connectivity index (χ0n) is 12.6. The van der Waals surface area contributed by atoms with Gasteiger partial charge in [-0.1, -0.05) is 0 Å². The molecule has 1 aromatic heterocycles. The molecule has 0 spiro atoms. The number of aromatic nitrogens is 1. The van der Waals surface area contributed by atoms with Gasteiger partial charge in [0.15, 0.2) is 0 Å². The van der Waals surface area contributed by atoms with Crippen LogP contribution in [0.5, 0.6) is 0 Å². The van der Waals surface area contributed by atoms with E-state index in [0.29, 0.717) is 32.6 Å². The number of pyridine rings is 1. The lowest BCUT2D eigenvalue weighted by Crippen LogP contribution is -2.49. The average Bonchev–Trinajstić information content (AvgIpc) is 2.55. The van der Waals surface area contributed by atoms with E-state index in [4.69, 9.17) is 0 Å². The van der Waals surface area contributed by atoms with Crippen molar-refractivity contribution in [2.75, 3.05) is 43.1 Å². The fourth-order valence-corrected chi connectivity index (χ4v) is 2.82. The highest BCUT2D eigenvalue weighted by molar-refractivity contribution is 7.98. The SMILES string of the molecule is CSCCCC(=O)N1CCN(c2ccc([N+](=O)[O-])cn2)CC1. The smallest absolute Gasteiger partial charge is 0.287 e. The van der Waals surface area contributed by atoms with Crippen molar-refractivity contribution in [2.24, 2.45) is 0 Å². The van der Waals surface area contributed by atoms with E-state index in [9.17, 15) is 14.9 Å². The first kappa shape index (κ1) is 16.5. The summed E-state index contributed by atoms with van der Waals surface area (Å²) in [5, 5.41) is 10.6. The minimum Gasteiger partial charge on any atom is -0.353 e. The standard InChI is InChI=1S/C14H20N4O3S/c1-22-10-2-3-14(19)17-8-6-16(7-9-17)13-5-4-12(11-15-13)18(20)21/h4-5,11H,2-3,6-10H2,1H3. The zero-order chi connectivity index (χ0) is 15.9. The van der Waals surface area contributed by atoms with Crippen LogP contribution in [0.2, 0.25) is 0 Å². The molecule has 1 aliphatic heterocycles. The Morgan fingerprint density at radius 1 is 1.36 bits per heavy atom. The number of carbonyl (C=O) groups is 1. The van der Waals surface area contributed by atoms with Crippen LogP contribution in [0.1, 0.15) is 12.8 Å². The van der Waals surface area contributed by atoms with Gasteiger partial charge >= 0.3 is 0 Å². The molecule has 0 saturated carbocycles. The van der Waals surface area contributed by atoms with Crippen LogP contribution in [0.4, 0.5) is 11.5 Å². The number of carbonyl (C=O) groups excluding carboxylic acids is 1. The van der Waals surface area contributed by atoms with E-state index < -0.39 is 4.92 Å². The highest BCUT2D eigenvalue weighted by atomic mass is 32.2. The molecule has 0 bridgehead atoms. The van der Waals surface area contributed by atoms with Gasteiger partial charge in [0.25, 0.3) is 5.69 Å². The van der Waals surface area contributed by atoms with E-state index >= 15 is 0 Å². The number of nitrogens with zero attached hydrogens (tertiary/aromatic N) is 4. The first-order valence-corrected chi connectivity index (χ1v) is 8.63. The van der Waals surface area contributed by atoms with Crippen LogP contribution < -0.4 is 4.90 Å². The Balaban J connectivity index is 1.83. The van der Waals surface area contributed by atoms with Gasteiger partial charge in [-0.25, -0.2) is 4.98 Å². The molecular weight excluding hydrogens is 304 g/mol. The first-order valence-electron chi connectivity index (χ1n) is 7.24. The van der Waals surface area contributed by atoms with Gasteiger partial charge in [0, 0.05) is 38.7 Å².